The number of amides is 1. The van der Waals surface area contributed by atoms with E-state index in [1.807, 2.05) is 12.1 Å². The van der Waals surface area contributed by atoms with Crippen molar-refractivity contribution in [1.29, 1.82) is 0 Å². The van der Waals surface area contributed by atoms with Gasteiger partial charge in [0.15, 0.2) is 16.7 Å². The molecular weight excluding hydrogens is 529 g/mol. The van der Waals surface area contributed by atoms with E-state index >= 15 is 0 Å². The average molecular weight is 563 g/mol. The molecule has 0 bridgehead atoms. The fourth-order valence-electron chi connectivity index (χ4n) is 3.71. The van der Waals surface area contributed by atoms with Gasteiger partial charge in [-0.25, -0.2) is 0 Å². The predicted octanol–water partition coefficient (Wildman–Crippen LogP) is 6.73. The summed E-state index contributed by atoms with van der Waals surface area (Å²) in [5.74, 6) is 0.895. The SMILES string of the molecule is C=CCN1C(=O)/C(=C/c2ccc(OCCCCCCCCC)c(OC)c2)SC1=NS(=O)(=O)c1cccs1. The molecule has 1 fully saturated rings. The van der Waals surface area contributed by atoms with Crippen LogP contribution >= 0.6 is 23.1 Å². The van der Waals surface area contributed by atoms with Crippen LogP contribution in [-0.2, 0) is 14.8 Å². The third-order valence-electron chi connectivity index (χ3n) is 5.64. The van der Waals surface area contributed by atoms with Crippen molar-refractivity contribution in [2.75, 3.05) is 20.3 Å². The second-order valence-corrected chi connectivity index (χ2v) is 12.3. The molecule has 0 aliphatic carbocycles. The Kier molecular flexibility index (Phi) is 11.3. The van der Waals surface area contributed by atoms with E-state index in [4.69, 9.17) is 9.47 Å². The summed E-state index contributed by atoms with van der Waals surface area (Å²) in [6.45, 7) is 6.67. The van der Waals surface area contributed by atoms with E-state index in [1.54, 1.807) is 30.7 Å². The van der Waals surface area contributed by atoms with Crippen LogP contribution in [-0.4, -0.2) is 44.7 Å². The highest BCUT2D eigenvalue weighted by molar-refractivity contribution is 8.19. The first-order valence-electron chi connectivity index (χ1n) is 12.4. The van der Waals surface area contributed by atoms with Crippen LogP contribution in [0.2, 0.25) is 0 Å². The van der Waals surface area contributed by atoms with Gasteiger partial charge in [0, 0.05) is 6.54 Å². The molecule has 0 spiro atoms. The molecule has 0 radical (unpaired) electrons. The van der Waals surface area contributed by atoms with Crippen molar-refractivity contribution < 1.29 is 22.7 Å². The fourth-order valence-corrected chi connectivity index (χ4v) is 6.87. The van der Waals surface area contributed by atoms with Gasteiger partial charge in [-0.1, -0.05) is 63.7 Å². The minimum atomic E-state index is -3.91. The van der Waals surface area contributed by atoms with Crippen LogP contribution in [0.25, 0.3) is 6.08 Å². The Hall–Kier alpha value is -2.56. The number of unbranched alkanes of at least 4 members (excludes halogenated alkanes) is 6. The minimum Gasteiger partial charge on any atom is -0.493 e. The number of methoxy groups -OCH3 is 1. The van der Waals surface area contributed by atoms with Crippen LogP contribution in [0.15, 0.2) is 61.9 Å². The van der Waals surface area contributed by atoms with E-state index < -0.39 is 10.0 Å². The van der Waals surface area contributed by atoms with Crippen molar-refractivity contribution >= 4 is 50.3 Å². The number of amidine groups is 1. The minimum absolute atomic E-state index is 0.103. The Morgan fingerprint density at radius 1 is 1.08 bits per heavy atom. The highest BCUT2D eigenvalue weighted by Crippen LogP contribution is 2.36. The Labute approximate surface area is 228 Å². The largest absolute Gasteiger partial charge is 0.493 e. The predicted molar refractivity (Wildman–Crippen MR) is 153 cm³/mol. The summed E-state index contributed by atoms with van der Waals surface area (Å²) in [4.78, 5) is 14.7. The first kappa shape index (κ1) is 29.0. The molecule has 1 aromatic carbocycles. The smallest absolute Gasteiger partial charge is 0.294 e. The molecule has 1 aliphatic heterocycles. The normalized spacial score (nSPS) is 16.1. The summed E-state index contributed by atoms with van der Waals surface area (Å²) in [5.41, 5.74) is 0.733. The highest BCUT2D eigenvalue weighted by Gasteiger charge is 2.34. The molecule has 1 amide bonds. The number of thiophene rings is 1. The number of ether oxygens (including phenoxy) is 2. The van der Waals surface area contributed by atoms with Gasteiger partial charge in [-0.05, 0) is 53.4 Å². The molecule has 1 saturated heterocycles. The van der Waals surface area contributed by atoms with Gasteiger partial charge in [0.2, 0.25) is 0 Å². The molecule has 0 N–H and O–H groups in total. The number of benzene rings is 1. The Morgan fingerprint density at radius 3 is 2.51 bits per heavy atom. The summed E-state index contributed by atoms with van der Waals surface area (Å²) in [5, 5.41) is 1.77. The molecule has 1 aromatic heterocycles. The van der Waals surface area contributed by atoms with E-state index in [-0.39, 0.29) is 21.8 Å². The van der Waals surface area contributed by atoms with Gasteiger partial charge < -0.3 is 9.47 Å². The second-order valence-electron chi connectivity index (χ2n) is 8.48. The van der Waals surface area contributed by atoms with Crippen molar-refractivity contribution in [1.82, 2.24) is 4.90 Å². The number of thioether (sulfide) groups is 1. The van der Waals surface area contributed by atoms with E-state index in [9.17, 15) is 13.2 Å². The molecule has 2 heterocycles. The maximum atomic E-state index is 13.0. The molecule has 10 heteroatoms. The van der Waals surface area contributed by atoms with Gasteiger partial charge in [-0.3, -0.25) is 9.69 Å². The lowest BCUT2D eigenvalue weighted by molar-refractivity contribution is -0.121. The van der Waals surface area contributed by atoms with Gasteiger partial charge in [0.05, 0.1) is 18.6 Å². The van der Waals surface area contributed by atoms with E-state index in [0.29, 0.717) is 23.0 Å². The molecule has 0 unspecified atom stereocenters. The summed E-state index contributed by atoms with van der Waals surface area (Å²) >= 11 is 2.10. The summed E-state index contributed by atoms with van der Waals surface area (Å²) in [6, 6.07) is 8.61. The van der Waals surface area contributed by atoms with Crippen LogP contribution in [0.3, 0.4) is 0 Å². The number of sulfonamides is 1. The van der Waals surface area contributed by atoms with Gasteiger partial charge >= 0.3 is 0 Å². The standard InChI is InChI=1S/C27H34N2O5S3/c1-4-6-7-8-9-10-11-17-34-22-15-14-21(19-23(22)33-3)20-24-26(30)29(16-5-2)27(36-24)28-37(31,32)25-13-12-18-35-25/h5,12-15,18-20H,2,4,6-11,16-17H2,1,3H3/b24-20-,28-27?. The first-order valence-corrected chi connectivity index (χ1v) is 15.5. The molecule has 3 rings (SSSR count). The van der Waals surface area contributed by atoms with E-state index in [2.05, 4.69) is 17.9 Å². The Balaban J connectivity index is 1.70. The van der Waals surface area contributed by atoms with E-state index in [1.165, 1.54) is 49.1 Å². The number of hydrogen-bond acceptors (Lipinski definition) is 7. The van der Waals surface area contributed by atoms with Gasteiger partial charge in [-0.2, -0.15) is 8.42 Å². The molecule has 37 heavy (non-hydrogen) atoms. The maximum Gasteiger partial charge on any atom is 0.294 e. The van der Waals surface area contributed by atoms with Crippen molar-refractivity contribution in [3.8, 4) is 11.5 Å². The average Bonchev–Trinajstić information content (AvgIpc) is 3.52. The van der Waals surface area contributed by atoms with Crippen LogP contribution in [0.1, 0.15) is 57.4 Å². The van der Waals surface area contributed by atoms with Gasteiger partial charge in [-0.15, -0.1) is 22.3 Å². The molecule has 1 aliphatic rings. The number of carbonyl (C=O) groups is 1. The molecule has 200 valence electrons. The third-order valence-corrected chi connectivity index (χ3v) is 9.40. The number of carbonyl (C=O) groups excluding carboxylic acids is 1. The Bertz CT molecular complexity index is 1220. The topological polar surface area (TPSA) is 85.3 Å². The van der Waals surface area contributed by atoms with Crippen LogP contribution in [0, 0.1) is 0 Å². The quantitative estimate of drug-likeness (QED) is 0.136. The Morgan fingerprint density at radius 2 is 1.84 bits per heavy atom. The monoisotopic (exact) mass is 562 g/mol. The zero-order valence-corrected chi connectivity index (χ0v) is 23.8. The third kappa shape index (κ3) is 8.21. The number of rotatable bonds is 15. The molecule has 0 atom stereocenters. The van der Waals surface area contributed by atoms with Crippen molar-refractivity contribution in [2.24, 2.45) is 4.40 Å². The van der Waals surface area contributed by atoms with Crippen LogP contribution in [0.5, 0.6) is 11.5 Å². The van der Waals surface area contributed by atoms with E-state index in [0.717, 1.165) is 41.5 Å². The molecule has 7 nitrogen and oxygen atoms in total. The number of hydrogen-bond donors (Lipinski definition) is 0. The maximum absolute atomic E-state index is 13.0. The van der Waals surface area contributed by atoms with Gasteiger partial charge in [0.25, 0.3) is 15.9 Å². The van der Waals surface area contributed by atoms with Gasteiger partial charge in [0.1, 0.15) is 4.21 Å². The lowest BCUT2D eigenvalue weighted by Crippen LogP contribution is -2.29. The highest BCUT2D eigenvalue weighted by atomic mass is 32.2. The summed E-state index contributed by atoms with van der Waals surface area (Å²) in [7, 11) is -2.34. The zero-order chi connectivity index (χ0) is 26.7. The molecular formula is C27H34N2O5S3. The molecule has 0 saturated carbocycles. The van der Waals surface area contributed by atoms with Crippen LogP contribution in [0.4, 0.5) is 0 Å². The van der Waals surface area contributed by atoms with Crippen molar-refractivity contribution in [3.05, 3.63) is 58.8 Å². The van der Waals surface area contributed by atoms with Crippen molar-refractivity contribution in [3.63, 3.8) is 0 Å². The lowest BCUT2D eigenvalue weighted by atomic mass is 10.1. The molecule has 2 aromatic rings. The number of nitrogens with zero attached hydrogens (tertiary/aromatic N) is 2. The summed E-state index contributed by atoms with van der Waals surface area (Å²) in [6.07, 6.45) is 11.7. The fraction of sp³-hybridized carbons (Fsp3) is 0.407. The van der Waals surface area contributed by atoms with Crippen LogP contribution < -0.4 is 9.47 Å². The zero-order valence-electron chi connectivity index (χ0n) is 21.4. The summed E-state index contributed by atoms with van der Waals surface area (Å²) < 4.78 is 40.9. The second kappa shape index (κ2) is 14.4. The lowest BCUT2D eigenvalue weighted by Gasteiger charge is -2.12. The first-order chi connectivity index (χ1) is 17.9. The van der Waals surface area contributed by atoms with Crippen molar-refractivity contribution in [2.45, 2.75) is 56.1 Å².